The highest BCUT2D eigenvalue weighted by atomic mass is 32.1. The van der Waals surface area contributed by atoms with Gasteiger partial charge in [-0.1, -0.05) is 29.0 Å². The summed E-state index contributed by atoms with van der Waals surface area (Å²) in [5.41, 5.74) is 2.86. The van der Waals surface area contributed by atoms with Crippen LogP contribution >= 0.6 is 11.3 Å². The normalized spacial score (nSPS) is 11.7. The van der Waals surface area contributed by atoms with Crippen molar-refractivity contribution in [3.8, 4) is 0 Å². The highest BCUT2D eigenvalue weighted by Crippen LogP contribution is 2.28. The van der Waals surface area contributed by atoms with E-state index in [1.54, 1.807) is 43.3 Å². The van der Waals surface area contributed by atoms with Gasteiger partial charge in [0.2, 0.25) is 11.8 Å². The minimum absolute atomic E-state index is 0.157. The van der Waals surface area contributed by atoms with E-state index in [0.717, 1.165) is 10.3 Å². The molecule has 3 rings (SSSR count). The van der Waals surface area contributed by atoms with Crippen LogP contribution in [0.2, 0.25) is 0 Å². The molecule has 0 saturated carbocycles. The molecule has 1 aromatic heterocycles. The first-order valence-corrected chi connectivity index (χ1v) is 9.50. The highest BCUT2D eigenvalue weighted by molar-refractivity contribution is 7.22. The Kier molecular flexibility index (Phi) is 5.70. The van der Waals surface area contributed by atoms with E-state index in [2.05, 4.69) is 20.9 Å². The number of nitrogens with one attached hydrogen (secondary N) is 3. The van der Waals surface area contributed by atoms with Gasteiger partial charge in [-0.05, 0) is 44.2 Å². The lowest BCUT2D eigenvalue weighted by molar-refractivity contribution is -0.117. The second-order valence-electron chi connectivity index (χ2n) is 6.44. The number of benzene rings is 2. The maximum absolute atomic E-state index is 12.4. The fourth-order valence-corrected chi connectivity index (χ4v) is 3.51. The Labute approximate surface area is 166 Å². The smallest absolute Gasteiger partial charge is 0.251 e. The van der Waals surface area contributed by atoms with Gasteiger partial charge in [-0.15, -0.1) is 0 Å². The van der Waals surface area contributed by atoms with E-state index in [-0.39, 0.29) is 17.7 Å². The van der Waals surface area contributed by atoms with Gasteiger partial charge in [0.25, 0.3) is 5.91 Å². The van der Waals surface area contributed by atoms with Gasteiger partial charge in [-0.3, -0.25) is 14.4 Å². The number of amides is 3. The fourth-order valence-electron chi connectivity index (χ4n) is 2.60. The molecule has 28 heavy (non-hydrogen) atoms. The summed E-state index contributed by atoms with van der Waals surface area (Å²) in [5.74, 6) is -0.826. The number of carbonyl (C=O) groups excluding carboxylic acids is 3. The van der Waals surface area contributed by atoms with Crippen LogP contribution in [-0.2, 0) is 9.59 Å². The van der Waals surface area contributed by atoms with Crippen LogP contribution < -0.4 is 16.0 Å². The van der Waals surface area contributed by atoms with Crippen LogP contribution in [0.25, 0.3) is 10.2 Å². The number of carbonyl (C=O) groups is 3. The van der Waals surface area contributed by atoms with Gasteiger partial charge < -0.3 is 16.0 Å². The Morgan fingerprint density at radius 3 is 2.57 bits per heavy atom. The van der Waals surface area contributed by atoms with Crippen LogP contribution in [0.5, 0.6) is 0 Å². The Morgan fingerprint density at radius 1 is 1.07 bits per heavy atom. The Bertz CT molecular complexity index is 1060. The van der Waals surface area contributed by atoms with Crippen molar-refractivity contribution in [1.29, 1.82) is 0 Å². The summed E-state index contributed by atoms with van der Waals surface area (Å²) in [6, 6.07) is 11.8. The molecule has 0 bridgehead atoms. The van der Waals surface area contributed by atoms with E-state index >= 15 is 0 Å². The number of hydrogen-bond acceptors (Lipinski definition) is 5. The van der Waals surface area contributed by atoms with E-state index in [0.29, 0.717) is 21.9 Å². The SMILES string of the molecule is CC(=O)Nc1ccc2nc(NC(=O)C(C)NC(=O)c3cccc(C)c3)sc2c1. The zero-order valence-electron chi connectivity index (χ0n) is 15.7. The zero-order chi connectivity index (χ0) is 20.3. The zero-order valence-corrected chi connectivity index (χ0v) is 16.5. The number of hydrogen-bond donors (Lipinski definition) is 3. The summed E-state index contributed by atoms with van der Waals surface area (Å²) in [6.45, 7) is 4.96. The monoisotopic (exact) mass is 396 g/mol. The molecule has 0 aliphatic heterocycles. The van der Waals surface area contributed by atoms with Crippen molar-refractivity contribution in [3.05, 3.63) is 53.6 Å². The molecule has 3 N–H and O–H groups in total. The first-order chi connectivity index (χ1) is 13.3. The van der Waals surface area contributed by atoms with Crippen LogP contribution in [-0.4, -0.2) is 28.7 Å². The van der Waals surface area contributed by atoms with Gasteiger partial charge in [-0.2, -0.15) is 0 Å². The van der Waals surface area contributed by atoms with Crippen LogP contribution in [0.4, 0.5) is 10.8 Å². The molecule has 7 nitrogen and oxygen atoms in total. The number of anilines is 2. The maximum atomic E-state index is 12.4. The van der Waals surface area contributed by atoms with Crippen molar-refractivity contribution < 1.29 is 14.4 Å². The molecule has 2 aromatic carbocycles. The van der Waals surface area contributed by atoms with Crippen molar-refractivity contribution in [2.45, 2.75) is 26.8 Å². The summed E-state index contributed by atoms with van der Waals surface area (Å²) >= 11 is 1.29. The molecule has 0 aliphatic rings. The van der Waals surface area contributed by atoms with Crippen molar-refractivity contribution in [2.75, 3.05) is 10.6 Å². The number of rotatable bonds is 5. The molecule has 3 aromatic rings. The van der Waals surface area contributed by atoms with Crippen molar-refractivity contribution >= 4 is 50.1 Å². The third-order valence-electron chi connectivity index (χ3n) is 3.96. The van der Waals surface area contributed by atoms with Gasteiger partial charge in [0.1, 0.15) is 6.04 Å². The van der Waals surface area contributed by atoms with Crippen molar-refractivity contribution in [3.63, 3.8) is 0 Å². The molecule has 144 valence electrons. The molecule has 1 heterocycles. The number of aromatic nitrogens is 1. The number of aryl methyl sites for hydroxylation is 1. The molecule has 0 spiro atoms. The first kappa shape index (κ1) is 19.5. The molecule has 3 amide bonds. The average molecular weight is 396 g/mol. The van der Waals surface area contributed by atoms with E-state index < -0.39 is 6.04 Å². The molecule has 0 radical (unpaired) electrons. The third kappa shape index (κ3) is 4.72. The molecule has 0 fully saturated rings. The van der Waals surface area contributed by atoms with Crippen LogP contribution in [0.15, 0.2) is 42.5 Å². The molecular formula is C20H20N4O3S. The fraction of sp³-hybridized carbons (Fsp3) is 0.200. The molecule has 8 heteroatoms. The molecule has 1 atom stereocenters. The minimum Gasteiger partial charge on any atom is -0.341 e. The summed E-state index contributed by atoms with van der Waals surface area (Å²) < 4.78 is 0.831. The topological polar surface area (TPSA) is 100 Å². The van der Waals surface area contributed by atoms with E-state index in [9.17, 15) is 14.4 Å². The van der Waals surface area contributed by atoms with Gasteiger partial charge >= 0.3 is 0 Å². The molecule has 0 saturated heterocycles. The third-order valence-corrected chi connectivity index (χ3v) is 4.89. The molecular weight excluding hydrogens is 376 g/mol. The number of thiazole rings is 1. The standard InChI is InChI=1S/C20H20N4O3S/c1-11-5-4-6-14(9-11)19(27)21-12(2)18(26)24-20-23-16-8-7-15(22-13(3)25)10-17(16)28-20/h4-10,12H,1-3H3,(H,21,27)(H,22,25)(H,23,24,26). The Hall–Kier alpha value is -3.26. The van der Waals surface area contributed by atoms with Gasteiger partial charge in [0.05, 0.1) is 10.2 Å². The largest absolute Gasteiger partial charge is 0.341 e. The van der Waals surface area contributed by atoms with Crippen molar-refractivity contribution in [2.24, 2.45) is 0 Å². The predicted octanol–water partition coefficient (Wildman–Crippen LogP) is 3.32. The minimum atomic E-state index is -0.727. The van der Waals surface area contributed by atoms with Gasteiger partial charge in [0, 0.05) is 18.2 Å². The van der Waals surface area contributed by atoms with Gasteiger partial charge in [0.15, 0.2) is 5.13 Å². The quantitative estimate of drug-likeness (QED) is 0.616. The Morgan fingerprint density at radius 2 is 1.86 bits per heavy atom. The number of fused-ring (bicyclic) bond motifs is 1. The van der Waals surface area contributed by atoms with Crippen molar-refractivity contribution in [1.82, 2.24) is 10.3 Å². The summed E-state index contributed by atoms with van der Waals surface area (Å²) in [7, 11) is 0. The first-order valence-electron chi connectivity index (χ1n) is 8.68. The predicted molar refractivity (Wildman–Crippen MR) is 111 cm³/mol. The number of nitrogens with zero attached hydrogens (tertiary/aromatic N) is 1. The lowest BCUT2D eigenvalue weighted by Crippen LogP contribution is -2.41. The summed E-state index contributed by atoms with van der Waals surface area (Å²) in [4.78, 5) is 40.2. The second-order valence-corrected chi connectivity index (χ2v) is 7.47. The van der Waals surface area contributed by atoms with Crippen LogP contribution in [0.1, 0.15) is 29.8 Å². The second kappa shape index (κ2) is 8.18. The highest BCUT2D eigenvalue weighted by Gasteiger charge is 2.18. The molecule has 1 unspecified atom stereocenters. The lowest BCUT2D eigenvalue weighted by Gasteiger charge is -2.13. The van der Waals surface area contributed by atoms with E-state index in [4.69, 9.17) is 0 Å². The van der Waals surface area contributed by atoms with Gasteiger partial charge in [-0.25, -0.2) is 4.98 Å². The average Bonchev–Trinajstić information content (AvgIpc) is 3.02. The summed E-state index contributed by atoms with van der Waals surface area (Å²) in [5, 5.41) is 8.55. The maximum Gasteiger partial charge on any atom is 0.251 e. The molecule has 0 aliphatic carbocycles. The lowest BCUT2D eigenvalue weighted by atomic mass is 10.1. The van der Waals surface area contributed by atoms with E-state index in [1.807, 2.05) is 13.0 Å². The van der Waals surface area contributed by atoms with Crippen LogP contribution in [0.3, 0.4) is 0 Å². The Balaban J connectivity index is 1.66. The summed E-state index contributed by atoms with van der Waals surface area (Å²) in [6.07, 6.45) is 0. The van der Waals surface area contributed by atoms with E-state index in [1.165, 1.54) is 18.3 Å². The van der Waals surface area contributed by atoms with Crippen LogP contribution in [0, 0.1) is 6.92 Å².